The Kier molecular flexibility index (Phi) is 0.489. The standard InChI is InChI=1S/C7H9N/c8-6-7-4-2-1-3-5-7/h1-5H,6,8H2/i2T,4T,6T2/hT2. The molecular formula is C7H9N. The van der Waals surface area contributed by atoms with Gasteiger partial charge in [0.05, 0.1) is 2.74 Å². The Morgan fingerprint density at radius 1 is 1.88 bits per heavy atom. The lowest BCUT2D eigenvalue weighted by molar-refractivity contribution is 1.07. The SMILES string of the molecule is [3H]c1cccc(C([3H])([3H])N([3H])[3H])c1[3H]. The molecular weight excluding hydrogens is 98.1 g/mol. The molecule has 1 nitrogen and oxygen atoms in total. The van der Waals surface area contributed by atoms with Crippen LogP contribution in [0.25, 0.3) is 0 Å². The highest BCUT2D eigenvalue weighted by Crippen LogP contribution is 1.94. The van der Waals surface area contributed by atoms with Crippen molar-refractivity contribution in [3.05, 3.63) is 35.8 Å². The summed E-state index contributed by atoms with van der Waals surface area (Å²) in [4.78, 5) is 0. The largest absolute Gasteiger partial charge is 0.326 e. The second-order valence-electron chi connectivity index (χ2n) is 1.32. The van der Waals surface area contributed by atoms with Crippen LogP contribution >= 0.6 is 0 Å². The van der Waals surface area contributed by atoms with Crippen molar-refractivity contribution >= 4 is 0 Å². The van der Waals surface area contributed by atoms with Crippen LogP contribution in [0.4, 0.5) is 0 Å². The molecule has 42 valence electrons. The van der Waals surface area contributed by atoms with Gasteiger partial charge in [0, 0.05) is 9.24 Å². The summed E-state index contributed by atoms with van der Waals surface area (Å²) in [5.41, 5.74) is -0.255. The third-order valence-electron chi connectivity index (χ3n) is 0.770. The maximum absolute atomic E-state index is 7.42. The monoisotopic (exact) mass is 119 g/mol. The summed E-state index contributed by atoms with van der Waals surface area (Å²) in [6, 6.07) is 3.68. The molecule has 1 aromatic rings. The molecule has 0 aliphatic carbocycles. The van der Waals surface area contributed by atoms with Gasteiger partial charge in [0.25, 0.3) is 0 Å². The molecule has 0 saturated carbocycles. The molecule has 0 heterocycles. The number of hydrogen-bond acceptors (Lipinski definition) is 1. The molecule has 1 aromatic carbocycles. The van der Waals surface area contributed by atoms with E-state index in [0.29, 0.717) is 0 Å². The molecule has 0 aliphatic heterocycles. The fourth-order valence-electron chi connectivity index (χ4n) is 0.419. The van der Waals surface area contributed by atoms with Crippen LogP contribution in [0.5, 0.6) is 0 Å². The summed E-state index contributed by atoms with van der Waals surface area (Å²) in [5.74, 6) is 0. The molecule has 0 aliphatic rings. The van der Waals surface area contributed by atoms with Crippen molar-refractivity contribution in [2.45, 2.75) is 6.50 Å². The maximum Gasteiger partial charge on any atom is 0.119 e. The Balaban J connectivity index is 3.26. The van der Waals surface area contributed by atoms with Crippen LogP contribution in [0.3, 0.4) is 0 Å². The fraction of sp³-hybridized carbons (Fsp3) is 0.143. The van der Waals surface area contributed by atoms with Gasteiger partial charge in [-0.1, -0.05) is 30.3 Å². The molecule has 0 unspecified atom stereocenters. The van der Waals surface area contributed by atoms with Crippen LogP contribution in [-0.4, -0.2) is 0 Å². The predicted octanol–water partition coefficient (Wildman–Crippen LogP) is 1.15. The minimum Gasteiger partial charge on any atom is -0.326 e. The topological polar surface area (TPSA) is 26.0 Å². The highest BCUT2D eigenvalue weighted by Gasteiger charge is 1.80. The first-order valence-corrected chi connectivity index (χ1v) is 2.22. The van der Waals surface area contributed by atoms with E-state index in [1.54, 1.807) is 0 Å². The number of nitrogens with two attached hydrogens (primary N) is 1. The number of hydrogen-bond donors (Lipinski definition) is 1. The molecule has 0 bridgehead atoms. The van der Waals surface area contributed by atoms with Crippen molar-refractivity contribution in [2.75, 3.05) is 0 Å². The van der Waals surface area contributed by atoms with Gasteiger partial charge in [0.15, 0.2) is 0 Å². The van der Waals surface area contributed by atoms with Gasteiger partial charge in [0.2, 0.25) is 0 Å². The summed E-state index contributed by atoms with van der Waals surface area (Å²) in [6.45, 7) is -2.37. The van der Waals surface area contributed by atoms with E-state index in [9.17, 15) is 0 Å². The van der Waals surface area contributed by atoms with E-state index in [-0.39, 0.29) is 23.4 Å². The lowest BCUT2D eigenvalue weighted by Crippen LogP contribution is -1.94. The highest BCUT2D eigenvalue weighted by molar-refractivity contribution is 5.13. The van der Waals surface area contributed by atoms with Gasteiger partial charge in [-0.25, -0.2) is 0 Å². The zero-order valence-corrected chi connectivity index (χ0v) is 4.18. The fourth-order valence-corrected chi connectivity index (χ4v) is 0.419. The molecule has 0 radical (unpaired) electrons. The molecule has 8 heavy (non-hydrogen) atoms. The van der Waals surface area contributed by atoms with E-state index >= 15 is 0 Å². The summed E-state index contributed by atoms with van der Waals surface area (Å²) in [6.07, 6.45) is 0. The summed E-state index contributed by atoms with van der Waals surface area (Å²) >= 11 is 0. The lowest BCUT2D eigenvalue weighted by atomic mass is 10.2. The molecule has 0 fully saturated rings. The highest BCUT2D eigenvalue weighted by atomic mass is 14.5. The molecule has 2 N–H and O–H groups in total. The van der Waals surface area contributed by atoms with Gasteiger partial charge in [-0.05, 0) is 5.56 Å². The molecule has 0 aromatic heterocycles. The molecule has 0 spiro atoms. The quantitative estimate of drug-likeness (QED) is 0.621. The molecule has 1 rings (SSSR count). The van der Waals surface area contributed by atoms with Gasteiger partial charge in [-0.2, -0.15) is 0 Å². The molecule has 0 amide bonds. The van der Waals surface area contributed by atoms with Crippen LogP contribution in [0, 0.1) is 0 Å². The number of rotatable bonds is 2. The second kappa shape index (κ2) is 2.48. The smallest absolute Gasteiger partial charge is 0.119 e. The third-order valence-corrected chi connectivity index (χ3v) is 0.770. The minimum atomic E-state index is -2.37. The Morgan fingerprint density at radius 2 is 2.88 bits per heavy atom. The minimum absolute atomic E-state index is 0.111. The van der Waals surface area contributed by atoms with Gasteiger partial charge in [0.1, 0.15) is 2.82 Å². The Hall–Kier alpha value is -0.820. The normalized spacial score (nSPS) is 22.1. The van der Waals surface area contributed by atoms with Gasteiger partial charge < -0.3 is 5.72 Å². The van der Waals surface area contributed by atoms with Crippen molar-refractivity contribution in [3.63, 3.8) is 0 Å². The van der Waals surface area contributed by atoms with Crippen LogP contribution in [0.2, 0.25) is 2.82 Å². The predicted molar refractivity (Wildman–Crippen MR) is 34.3 cm³/mol. The average Bonchev–Trinajstić information content (AvgIpc) is 2.09. The van der Waals surface area contributed by atoms with Gasteiger partial charge in [-0.15, -0.1) is 0 Å². The molecule has 0 atom stereocenters. The zero-order chi connectivity index (χ0) is 10.9. The number of benzene rings is 1. The Labute approximate surface area is 57.7 Å². The molecule has 1 heteroatoms. The van der Waals surface area contributed by atoms with Crippen molar-refractivity contribution in [3.8, 4) is 0 Å². The van der Waals surface area contributed by atoms with Crippen molar-refractivity contribution in [2.24, 2.45) is 5.72 Å². The van der Waals surface area contributed by atoms with Crippen molar-refractivity contribution in [1.82, 2.24) is 0 Å². The van der Waals surface area contributed by atoms with Crippen molar-refractivity contribution in [1.29, 1.82) is 0 Å². The van der Waals surface area contributed by atoms with E-state index in [4.69, 9.17) is 8.31 Å². The first kappa shape index (κ1) is 1.58. The second-order valence-corrected chi connectivity index (χ2v) is 1.32. The van der Waals surface area contributed by atoms with Crippen LogP contribution in [-0.2, 0) is 6.50 Å². The average molecular weight is 119 g/mol. The van der Waals surface area contributed by atoms with E-state index < -0.39 is 6.50 Å². The first-order chi connectivity index (χ1) is 6.37. The summed E-state index contributed by atoms with van der Waals surface area (Å²) in [7, 11) is 0. The maximum atomic E-state index is 7.42. The van der Waals surface area contributed by atoms with Crippen LogP contribution < -0.4 is 5.72 Å². The van der Waals surface area contributed by atoms with Crippen molar-refractivity contribution < 1.29 is 8.31 Å². The Bertz CT molecular complexity index is 337. The van der Waals surface area contributed by atoms with Crippen LogP contribution in [0.15, 0.2) is 30.3 Å². The first-order valence-electron chi connectivity index (χ1n) is 5.11. The van der Waals surface area contributed by atoms with Gasteiger partial charge >= 0.3 is 0 Å². The van der Waals surface area contributed by atoms with E-state index in [1.807, 2.05) is 0 Å². The lowest BCUT2D eigenvalue weighted by Gasteiger charge is -1.90. The summed E-state index contributed by atoms with van der Waals surface area (Å²) < 4.78 is 43.2. The van der Waals surface area contributed by atoms with E-state index in [1.165, 1.54) is 18.2 Å². The van der Waals surface area contributed by atoms with E-state index in [0.717, 1.165) is 0 Å². The summed E-state index contributed by atoms with van der Waals surface area (Å²) in [5, 5.41) is 0. The Morgan fingerprint density at radius 3 is 3.75 bits per heavy atom. The third kappa shape index (κ3) is 1.07. The van der Waals surface area contributed by atoms with E-state index in [2.05, 4.69) is 0 Å². The van der Waals surface area contributed by atoms with Crippen LogP contribution in [0.1, 0.15) is 11.0 Å². The zero-order valence-electron chi connectivity index (χ0n) is 10.2. The molecule has 0 saturated heterocycles. The van der Waals surface area contributed by atoms with Gasteiger partial charge in [-0.3, -0.25) is 0 Å².